The Bertz CT molecular complexity index is 1020. The third-order valence-electron chi connectivity index (χ3n) is 5.10. The van der Waals surface area contributed by atoms with Gasteiger partial charge in [-0.25, -0.2) is 14.7 Å². The number of carbonyl (C=O) groups excluding carboxylic acids is 1. The third-order valence-corrected chi connectivity index (χ3v) is 5.10. The third kappa shape index (κ3) is 5.48. The summed E-state index contributed by atoms with van der Waals surface area (Å²) in [5.41, 5.74) is 3.20. The van der Waals surface area contributed by atoms with E-state index in [4.69, 9.17) is 4.99 Å². The second kappa shape index (κ2) is 9.88. The lowest BCUT2D eigenvalue weighted by Gasteiger charge is -2.19. The van der Waals surface area contributed by atoms with Crippen molar-refractivity contribution in [3.8, 4) is 0 Å². The van der Waals surface area contributed by atoms with Gasteiger partial charge in [-0.2, -0.15) is 5.10 Å². The smallest absolute Gasteiger partial charge is 0.229 e. The van der Waals surface area contributed by atoms with Crippen LogP contribution < -0.4 is 15.5 Å². The van der Waals surface area contributed by atoms with E-state index in [1.807, 2.05) is 48.2 Å². The number of hydrogen-bond acceptors (Lipinski definition) is 4. The second-order valence-corrected chi connectivity index (χ2v) is 7.49. The molecule has 1 aliphatic heterocycles. The molecule has 0 radical (unpaired) electrons. The minimum Gasteiger partial charge on any atom is -0.357 e. The number of para-hydroxylation sites is 1. The van der Waals surface area contributed by atoms with Crippen molar-refractivity contribution in [2.75, 3.05) is 18.0 Å². The van der Waals surface area contributed by atoms with Crippen LogP contribution in [0.1, 0.15) is 24.5 Å². The van der Waals surface area contributed by atoms with Crippen LogP contribution in [0.4, 0.5) is 5.69 Å². The largest absolute Gasteiger partial charge is 0.357 e. The number of amides is 1. The zero-order valence-electron chi connectivity index (χ0n) is 17.6. The highest BCUT2D eigenvalue weighted by Gasteiger charge is 2.31. The van der Waals surface area contributed by atoms with Crippen LogP contribution in [0.5, 0.6) is 0 Å². The topological polar surface area (TPSA) is 87.4 Å². The highest BCUT2D eigenvalue weighted by Crippen LogP contribution is 2.21. The summed E-state index contributed by atoms with van der Waals surface area (Å²) in [5.74, 6) is 0.845. The molecule has 3 aromatic rings. The van der Waals surface area contributed by atoms with Gasteiger partial charge < -0.3 is 15.5 Å². The van der Waals surface area contributed by atoms with Gasteiger partial charge in [0.25, 0.3) is 0 Å². The summed E-state index contributed by atoms with van der Waals surface area (Å²) < 4.78 is 1.80. The number of anilines is 1. The van der Waals surface area contributed by atoms with Gasteiger partial charge in [0.05, 0.1) is 19.1 Å². The number of benzene rings is 2. The molecule has 8 heteroatoms. The quantitative estimate of drug-likeness (QED) is 0.455. The molecule has 1 aromatic heterocycles. The molecule has 1 fully saturated rings. The first-order chi connectivity index (χ1) is 15.2. The van der Waals surface area contributed by atoms with E-state index in [2.05, 4.69) is 38.9 Å². The van der Waals surface area contributed by atoms with Gasteiger partial charge in [-0.1, -0.05) is 42.5 Å². The Balaban J connectivity index is 1.39. The minimum absolute atomic E-state index is 0.0177. The number of nitrogens with zero attached hydrogens (tertiary/aromatic N) is 5. The number of carbonyl (C=O) groups is 1. The van der Waals surface area contributed by atoms with E-state index in [-0.39, 0.29) is 11.9 Å². The Morgan fingerprint density at radius 1 is 1.16 bits per heavy atom. The molecule has 1 saturated heterocycles. The van der Waals surface area contributed by atoms with E-state index in [0.717, 1.165) is 29.3 Å². The fraction of sp³-hybridized carbons (Fsp3) is 0.304. The number of aliphatic imine (C=N–C) groups is 1. The molecular formula is C23H27N7O. The number of nitrogens with one attached hydrogen (secondary N) is 2. The van der Waals surface area contributed by atoms with E-state index in [0.29, 0.717) is 26.1 Å². The maximum atomic E-state index is 12.5. The van der Waals surface area contributed by atoms with E-state index < -0.39 is 0 Å². The number of guanidine groups is 1. The van der Waals surface area contributed by atoms with E-state index in [1.165, 1.54) is 6.33 Å². The summed E-state index contributed by atoms with van der Waals surface area (Å²) in [7, 11) is 0. The fourth-order valence-corrected chi connectivity index (χ4v) is 3.67. The molecule has 160 valence electrons. The molecule has 8 nitrogen and oxygen atoms in total. The van der Waals surface area contributed by atoms with Crippen LogP contribution >= 0.6 is 0 Å². The van der Waals surface area contributed by atoms with E-state index >= 15 is 0 Å². The van der Waals surface area contributed by atoms with Crippen LogP contribution in [0.2, 0.25) is 0 Å². The Kier molecular flexibility index (Phi) is 6.56. The number of rotatable bonds is 7. The molecule has 2 N–H and O–H groups in total. The monoisotopic (exact) mass is 417 g/mol. The van der Waals surface area contributed by atoms with Gasteiger partial charge in [-0.05, 0) is 30.2 Å². The van der Waals surface area contributed by atoms with Crippen molar-refractivity contribution in [2.24, 2.45) is 4.99 Å². The Morgan fingerprint density at radius 3 is 2.77 bits per heavy atom. The van der Waals surface area contributed by atoms with Crippen molar-refractivity contribution in [1.29, 1.82) is 0 Å². The van der Waals surface area contributed by atoms with Gasteiger partial charge in [0.1, 0.15) is 12.7 Å². The van der Waals surface area contributed by atoms with Crippen LogP contribution in [0.15, 0.2) is 72.2 Å². The van der Waals surface area contributed by atoms with Gasteiger partial charge in [-0.15, -0.1) is 0 Å². The first-order valence-electron chi connectivity index (χ1n) is 10.5. The number of aromatic nitrogens is 3. The molecule has 4 rings (SSSR count). The van der Waals surface area contributed by atoms with Crippen molar-refractivity contribution in [2.45, 2.75) is 32.5 Å². The highest BCUT2D eigenvalue weighted by atomic mass is 16.2. The molecule has 1 amide bonds. The molecule has 0 saturated carbocycles. The Morgan fingerprint density at radius 2 is 2.00 bits per heavy atom. The molecule has 0 aliphatic carbocycles. The van der Waals surface area contributed by atoms with Crippen molar-refractivity contribution in [1.82, 2.24) is 25.4 Å². The molecule has 1 unspecified atom stereocenters. The van der Waals surface area contributed by atoms with Crippen LogP contribution in [0.25, 0.3) is 0 Å². The number of hydrogen-bond donors (Lipinski definition) is 2. The van der Waals surface area contributed by atoms with E-state index in [1.54, 1.807) is 11.0 Å². The fourth-order valence-electron chi connectivity index (χ4n) is 3.67. The lowest BCUT2D eigenvalue weighted by molar-refractivity contribution is -0.117. The molecule has 1 atom stereocenters. The summed E-state index contributed by atoms with van der Waals surface area (Å²) in [6.07, 6.45) is 3.70. The first kappa shape index (κ1) is 20.6. The normalized spacial score (nSPS) is 16.5. The summed E-state index contributed by atoms with van der Waals surface area (Å²) in [6, 6.07) is 18.1. The first-order valence-corrected chi connectivity index (χ1v) is 10.5. The van der Waals surface area contributed by atoms with Crippen molar-refractivity contribution in [3.05, 3.63) is 78.4 Å². The van der Waals surface area contributed by atoms with Gasteiger partial charge in [0, 0.05) is 25.2 Å². The zero-order chi connectivity index (χ0) is 21.5. The van der Waals surface area contributed by atoms with Crippen LogP contribution in [0, 0.1) is 0 Å². The lowest BCUT2D eigenvalue weighted by atomic mass is 10.1. The summed E-state index contributed by atoms with van der Waals surface area (Å²) in [4.78, 5) is 23.0. The van der Waals surface area contributed by atoms with Crippen LogP contribution in [-0.4, -0.2) is 45.8 Å². The molecule has 2 heterocycles. The predicted octanol–water partition coefficient (Wildman–Crippen LogP) is 2.19. The zero-order valence-corrected chi connectivity index (χ0v) is 17.6. The molecule has 0 spiro atoms. The summed E-state index contributed by atoms with van der Waals surface area (Å²) in [6.45, 7) is 4.63. The Labute approximate surface area is 182 Å². The summed E-state index contributed by atoms with van der Waals surface area (Å²) >= 11 is 0. The SMILES string of the molecule is CCNC(=NCc1cccc(Cn2cncn2)c1)NC1CC(=O)N(c2ccccc2)C1. The van der Waals surface area contributed by atoms with Gasteiger partial charge in [0.15, 0.2) is 5.96 Å². The average molecular weight is 418 g/mol. The molecule has 0 bridgehead atoms. The molecule has 2 aromatic carbocycles. The van der Waals surface area contributed by atoms with Crippen molar-refractivity contribution in [3.63, 3.8) is 0 Å². The van der Waals surface area contributed by atoms with Gasteiger partial charge >= 0.3 is 0 Å². The maximum absolute atomic E-state index is 12.5. The minimum atomic E-state index is 0.0177. The average Bonchev–Trinajstić information content (AvgIpc) is 3.42. The molecule has 31 heavy (non-hydrogen) atoms. The van der Waals surface area contributed by atoms with Crippen molar-refractivity contribution < 1.29 is 4.79 Å². The lowest BCUT2D eigenvalue weighted by Crippen LogP contribution is -2.44. The Hall–Kier alpha value is -3.68. The van der Waals surface area contributed by atoms with Crippen LogP contribution in [0.3, 0.4) is 0 Å². The second-order valence-electron chi connectivity index (χ2n) is 7.49. The van der Waals surface area contributed by atoms with Gasteiger partial charge in [0.2, 0.25) is 5.91 Å². The van der Waals surface area contributed by atoms with Crippen LogP contribution in [-0.2, 0) is 17.9 Å². The van der Waals surface area contributed by atoms with Gasteiger partial charge in [-0.3, -0.25) is 4.79 Å². The maximum Gasteiger partial charge on any atom is 0.229 e. The standard InChI is InChI=1S/C23H27N7O/c1-2-25-23(28-20-12-22(31)30(15-20)21-9-4-3-5-10-21)26-13-18-7-6-8-19(11-18)14-29-17-24-16-27-29/h3-11,16-17,20H,2,12-15H2,1H3,(H2,25,26,28). The summed E-state index contributed by atoms with van der Waals surface area (Å²) in [5, 5.41) is 10.9. The molecule has 1 aliphatic rings. The highest BCUT2D eigenvalue weighted by molar-refractivity contribution is 5.97. The van der Waals surface area contributed by atoms with Crippen molar-refractivity contribution >= 4 is 17.6 Å². The predicted molar refractivity (Wildman–Crippen MR) is 121 cm³/mol. The van der Waals surface area contributed by atoms with E-state index in [9.17, 15) is 4.79 Å². The molecular weight excluding hydrogens is 390 g/mol.